The van der Waals surface area contributed by atoms with Gasteiger partial charge in [-0.05, 0) is 116 Å². The van der Waals surface area contributed by atoms with Crippen molar-refractivity contribution in [3.63, 3.8) is 0 Å². The van der Waals surface area contributed by atoms with Gasteiger partial charge < -0.3 is 101 Å². The molecule has 1 aliphatic rings. The maximum atomic E-state index is 15.1. The van der Waals surface area contributed by atoms with Crippen LogP contribution in [0.5, 0.6) is 0 Å². The number of unbranched alkanes of at least 4 members (excludes halogenated alkanes) is 3. The van der Waals surface area contributed by atoms with Crippen LogP contribution in [0, 0.1) is 11.8 Å². The molecule has 22 N–H and O–H groups in total. The number of amides is 13. The molecular formula is C79H109N17O16S. The van der Waals surface area contributed by atoms with Crippen LogP contribution in [0.3, 0.4) is 0 Å². The summed E-state index contributed by atoms with van der Waals surface area (Å²) < 4.78 is 0. The number of aliphatic hydroxyl groups excluding tert-OH is 1. The van der Waals surface area contributed by atoms with Gasteiger partial charge >= 0.3 is 5.97 Å². The van der Waals surface area contributed by atoms with Crippen molar-refractivity contribution in [3.8, 4) is 0 Å². The van der Waals surface area contributed by atoms with Crippen LogP contribution in [0.15, 0.2) is 103 Å². The van der Waals surface area contributed by atoms with E-state index in [4.69, 9.17) is 17.2 Å². The van der Waals surface area contributed by atoms with Crippen molar-refractivity contribution < 1.29 is 77.3 Å². The maximum Gasteiger partial charge on any atom is 0.303 e. The largest absolute Gasteiger partial charge is 0.481 e. The number of carbonyl (C=O) groups is 14. The number of aliphatic hydroxyl groups is 1. The molecule has 1 fully saturated rings. The molecule has 0 bridgehead atoms. The van der Waals surface area contributed by atoms with Gasteiger partial charge in [0.25, 0.3) is 0 Å². The third-order valence-corrected chi connectivity index (χ3v) is 20.8. The molecule has 612 valence electrons. The average molecular weight is 1580 g/mol. The smallest absolute Gasteiger partial charge is 0.303 e. The number of fused-ring (bicyclic) bond motifs is 3. The average Bonchev–Trinajstić information content (AvgIpc) is 1.79. The minimum Gasteiger partial charge on any atom is -0.481 e. The normalized spacial score (nSPS) is 23.1. The van der Waals surface area contributed by atoms with E-state index in [1.54, 1.807) is 88.6 Å². The van der Waals surface area contributed by atoms with E-state index < -0.39 is 193 Å². The van der Waals surface area contributed by atoms with E-state index in [-0.39, 0.29) is 76.6 Å². The lowest BCUT2D eigenvalue weighted by Gasteiger charge is -2.29. The fourth-order valence-electron chi connectivity index (χ4n) is 13.1. The van der Waals surface area contributed by atoms with Gasteiger partial charge in [0.1, 0.15) is 66.5 Å². The van der Waals surface area contributed by atoms with E-state index in [9.17, 15) is 63.0 Å². The molecule has 0 unspecified atom stereocenters. The Balaban J connectivity index is 1.27. The van der Waals surface area contributed by atoms with Crippen molar-refractivity contribution in [2.24, 2.45) is 29.0 Å². The van der Waals surface area contributed by atoms with E-state index >= 15 is 14.4 Å². The number of aromatic amines is 2. The topological polar surface area (TPSA) is 533 Å². The summed E-state index contributed by atoms with van der Waals surface area (Å²) in [7, 11) is 0. The summed E-state index contributed by atoms with van der Waals surface area (Å²) in [6, 6.07) is 10.7. The van der Waals surface area contributed by atoms with Crippen molar-refractivity contribution in [2.45, 2.75) is 197 Å². The molecule has 0 aliphatic carbocycles. The Morgan fingerprint density at radius 3 is 1.44 bits per heavy atom. The van der Waals surface area contributed by atoms with E-state index in [2.05, 4.69) is 73.8 Å². The second kappa shape index (κ2) is 44.9. The number of nitrogens with two attached hydrogens (primary N) is 3. The van der Waals surface area contributed by atoms with Gasteiger partial charge in [0.05, 0.1) is 18.9 Å². The number of carbonyl (C=O) groups excluding carboxylic acids is 13. The highest BCUT2D eigenvalue weighted by Gasteiger charge is 2.38. The number of hydrogen-bond donors (Lipinski definition) is 19. The summed E-state index contributed by atoms with van der Waals surface area (Å²) >= 11 is 0.874. The van der Waals surface area contributed by atoms with Gasteiger partial charge in [-0.25, -0.2) is 0 Å². The predicted molar refractivity (Wildman–Crippen MR) is 426 cm³/mol. The van der Waals surface area contributed by atoms with Gasteiger partial charge in [0.15, 0.2) is 0 Å². The molecule has 113 heavy (non-hydrogen) atoms. The number of nitrogens with one attached hydrogen (secondary N) is 14. The Kier molecular flexibility index (Phi) is 35.5. The number of benzene rings is 4. The summed E-state index contributed by atoms with van der Waals surface area (Å²) in [6.07, 6.45) is 3.79. The van der Waals surface area contributed by atoms with Gasteiger partial charge in [-0.1, -0.05) is 133 Å². The lowest BCUT2D eigenvalue weighted by Crippen LogP contribution is -2.61. The van der Waals surface area contributed by atoms with E-state index in [1.807, 2.05) is 49.4 Å². The molecule has 12 atom stereocenters. The van der Waals surface area contributed by atoms with Gasteiger partial charge in [-0.2, -0.15) is 0 Å². The molecule has 6 aromatic rings. The quantitative estimate of drug-likeness (QED) is 0.0347. The van der Waals surface area contributed by atoms with Crippen LogP contribution in [0.25, 0.3) is 32.6 Å². The summed E-state index contributed by atoms with van der Waals surface area (Å²) in [5.41, 5.74) is 20.7. The fraction of sp³-hybridized carbons (Fsp3) is 0.494. The number of para-hydroxylation sites is 2. The van der Waals surface area contributed by atoms with Crippen molar-refractivity contribution in [1.82, 2.24) is 73.8 Å². The van der Waals surface area contributed by atoms with E-state index in [0.29, 0.717) is 64.2 Å². The minimum atomic E-state index is -1.73. The van der Waals surface area contributed by atoms with Crippen LogP contribution in [0.1, 0.15) is 128 Å². The number of carboxylic acids is 1. The summed E-state index contributed by atoms with van der Waals surface area (Å²) in [4.78, 5) is 207. The van der Waals surface area contributed by atoms with Crippen LogP contribution in [0.4, 0.5) is 0 Å². The summed E-state index contributed by atoms with van der Waals surface area (Å²) in [5.74, 6) is -15.3. The molecule has 3 heterocycles. The number of rotatable bonds is 25. The predicted octanol–water partition coefficient (Wildman–Crippen LogP) is 0.519. The van der Waals surface area contributed by atoms with E-state index in [1.165, 1.54) is 0 Å². The first-order valence-electron chi connectivity index (χ1n) is 38.4. The molecule has 34 heteroatoms. The van der Waals surface area contributed by atoms with Gasteiger partial charge in [-0.15, -0.1) is 11.8 Å². The molecule has 33 nitrogen and oxygen atoms in total. The maximum absolute atomic E-state index is 15.1. The van der Waals surface area contributed by atoms with Crippen molar-refractivity contribution in [1.29, 1.82) is 0 Å². The standard InChI is InChI=1S/C79H109N17O16S/c1-6-8-23-56-72(105)88-57(27-16-18-33-81)73(106)92-61(37-50-39-84-54-25-14-12-22-52(50)54)77(110)95-67(44(3)4)78(111)94-63(69(82)102)42-113-43-65(99)87-59(35-46-28-29-47-19-9-10-20-48(47)34-46)76(109)96-68(45(5)7-2)79(112)93-62(41-97)70(103)85-40-64(98)86-55(26-15-17-32-80)71(104)90-58(30-31-66(100)101)74(107)91-60(75(108)89-56)36-49-38-83-53-24-13-11-21-51(49)53/h9-14,19-22,24-25,28-29,34,38-39,44-45,55-63,67-68,83-84,97H,6-8,15-18,23,26-27,30-33,35-37,40-43,80-81H2,1-5H3,(H2,82,102)(H,85,103)(H,86,98)(H,87,99)(H,88,105)(H,89,108)(H,90,104)(H,91,107)(H,92,106)(H,93,112)(H,94,111)(H,95,110)(H,96,109)(H,100,101)/t45-,55-,56-,57-,58-,59-,60-,61-,62-,63-,67-,68-/m0/s1. The number of primary amides is 1. The Morgan fingerprint density at radius 2 is 0.929 bits per heavy atom. The molecule has 4 aromatic carbocycles. The zero-order chi connectivity index (χ0) is 82.3. The Bertz CT molecular complexity index is 4300. The molecule has 13 amide bonds. The third kappa shape index (κ3) is 27.2. The van der Waals surface area contributed by atoms with Crippen molar-refractivity contribution in [3.05, 3.63) is 120 Å². The van der Waals surface area contributed by atoms with Crippen molar-refractivity contribution in [2.75, 3.05) is 37.7 Å². The highest BCUT2D eigenvalue weighted by Crippen LogP contribution is 2.24. The Labute approximate surface area is 659 Å². The highest BCUT2D eigenvalue weighted by molar-refractivity contribution is 8.00. The molecule has 2 aromatic heterocycles. The van der Waals surface area contributed by atoms with Gasteiger partial charge in [0.2, 0.25) is 76.8 Å². The van der Waals surface area contributed by atoms with Gasteiger partial charge in [0, 0.05) is 65.6 Å². The van der Waals surface area contributed by atoms with Crippen LogP contribution in [0.2, 0.25) is 0 Å². The lowest BCUT2D eigenvalue weighted by atomic mass is 9.96. The SMILES string of the molecule is CCCC[C@@H]1NC(=O)[C@H](Cc2c[nH]c3ccccc23)NC(=O)[C@H](CCC(=O)O)NC(=O)[C@H](CCCCN)NC(=O)CNC(=O)[C@H](CO)NC(=O)[C@H]([C@@H](C)CC)NC(=O)[C@H](Cc2ccc3ccccc3c2)NC(=O)CSC[C@@H](C(N)=O)NC(=O)[C@H](C(C)C)NC(=O)[C@H](Cc2c[nH]c3ccccc23)NC(=O)[C@H](CCCCN)NC1=O. The molecule has 1 saturated heterocycles. The summed E-state index contributed by atoms with van der Waals surface area (Å²) in [6.45, 7) is 6.98. The number of thioether (sulfide) groups is 1. The molecule has 0 spiro atoms. The Morgan fingerprint density at radius 1 is 0.478 bits per heavy atom. The molecule has 0 saturated carbocycles. The molecular weight excluding hydrogens is 1480 g/mol. The summed E-state index contributed by atoms with van der Waals surface area (Å²) in [5, 5.41) is 55.4. The van der Waals surface area contributed by atoms with E-state index in [0.717, 1.165) is 22.5 Å². The number of aliphatic carboxylic acids is 1. The third-order valence-electron chi connectivity index (χ3n) is 19.8. The number of H-pyrrole nitrogens is 2. The molecule has 1 aliphatic heterocycles. The van der Waals surface area contributed by atoms with Gasteiger partial charge in [-0.3, -0.25) is 67.1 Å². The monoisotopic (exact) mass is 1580 g/mol. The number of aromatic nitrogens is 2. The highest BCUT2D eigenvalue weighted by atomic mass is 32.2. The second-order valence-corrected chi connectivity index (χ2v) is 29.8. The van der Waals surface area contributed by atoms with Crippen LogP contribution < -0.4 is 81.0 Å². The first-order valence-corrected chi connectivity index (χ1v) is 39.6. The zero-order valence-corrected chi connectivity index (χ0v) is 65.2. The van der Waals surface area contributed by atoms with Crippen LogP contribution in [-0.4, -0.2) is 207 Å². The fourth-order valence-corrected chi connectivity index (χ4v) is 13.9. The number of carboxylic acid groups (broad SMARTS) is 1. The van der Waals surface area contributed by atoms with Crippen LogP contribution >= 0.6 is 11.8 Å². The first-order chi connectivity index (χ1) is 54.1. The zero-order valence-electron chi connectivity index (χ0n) is 64.4. The molecule has 0 radical (unpaired) electrons. The number of hydrogen-bond acceptors (Lipinski definition) is 18. The van der Waals surface area contributed by atoms with Crippen molar-refractivity contribution >= 4 is 127 Å². The first kappa shape index (κ1) is 89.2. The Hall–Kier alpha value is -11.0. The van der Waals surface area contributed by atoms with Crippen LogP contribution in [-0.2, 0) is 86.4 Å². The lowest BCUT2D eigenvalue weighted by molar-refractivity contribution is -0.138. The molecule has 7 rings (SSSR count). The minimum absolute atomic E-state index is 0.00289. The second-order valence-electron chi connectivity index (χ2n) is 28.7.